The van der Waals surface area contributed by atoms with E-state index in [1.165, 1.54) is 0 Å². The van der Waals surface area contributed by atoms with Crippen molar-refractivity contribution in [2.45, 2.75) is 23.5 Å². The summed E-state index contributed by atoms with van der Waals surface area (Å²) in [5.74, 6) is -1.90. The van der Waals surface area contributed by atoms with E-state index in [1.54, 1.807) is 6.92 Å². The lowest BCUT2D eigenvalue weighted by atomic mass is 10.3. The summed E-state index contributed by atoms with van der Waals surface area (Å²) in [5, 5.41) is 18.9. The first-order chi connectivity index (χ1) is 7.95. The molecule has 4 nitrogen and oxygen atoms in total. The van der Waals surface area contributed by atoms with Crippen LogP contribution >= 0.6 is 11.8 Å². The van der Waals surface area contributed by atoms with Crippen molar-refractivity contribution in [3.05, 3.63) is 33.9 Å². The fourth-order valence-corrected chi connectivity index (χ4v) is 2.18. The summed E-state index contributed by atoms with van der Waals surface area (Å²) in [6, 6.07) is 1.38. The van der Waals surface area contributed by atoms with Crippen LogP contribution in [0.15, 0.2) is 17.0 Å². The van der Waals surface area contributed by atoms with E-state index in [0.29, 0.717) is 18.6 Å². The Bertz CT molecular complexity index is 405. The van der Waals surface area contributed by atoms with E-state index in [-0.39, 0.29) is 16.8 Å². The molecular weight excluding hydrogens is 252 g/mol. The largest absolute Gasteiger partial charge is 0.396 e. The minimum atomic E-state index is -0.952. The Labute approximate surface area is 101 Å². The van der Waals surface area contributed by atoms with Crippen molar-refractivity contribution in [3.8, 4) is 0 Å². The number of rotatable bonds is 5. The third kappa shape index (κ3) is 3.64. The number of aliphatic hydroxyl groups is 1. The van der Waals surface area contributed by atoms with Gasteiger partial charge in [0.15, 0.2) is 0 Å². The predicted octanol–water partition coefficient (Wildman–Crippen LogP) is 2.74. The molecule has 0 saturated carbocycles. The van der Waals surface area contributed by atoms with E-state index in [9.17, 15) is 18.9 Å². The second-order valence-corrected chi connectivity index (χ2v) is 4.89. The van der Waals surface area contributed by atoms with Crippen molar-refractivity contribution < 1.29 is 18.8 Å². The Morgan fingerprint density at radius 3 is 2.41 bits per heavy atom. The van der Waals surface area contributed by atoms with Crippen molar-refractivity contribution in [2.24, 2.45) is 0 Å². The minimum absolute atomic E-state index is 0.0790. The third-order valence-electron chi connectivity index (χ3n) is 2.05. The highest BCUT2D eigenvalue weighted by Gasteiger charge is 2.19. The molecule has 1 rings (SSSR count). The highest BCUT2D eigenvalue weighted by atomic mass is 32.2. The lowest BCUT2D eigenvalue weighted by Gasteiger charge is -2.10. The molecule has 0 amide bonds. The molecule has 0 fully saturated rings. The molecule has 94 valence electrons. The molecule has 0 saturated heterocycles. The molecule has 1 aromatic carbocycles. The average Bonchev–Trinajstić information content (AvgIpc) is 2.23. The summed E-state index contributed by atoms with van der Waals surface area (Å²) >= 11 is 0.909. The van der Waals surface area contributed by atoms with Gasteiger partial charge in [0.1, 0.15) is 11.6 Å². The molecule has 0 aliphatic carbocycles. The van der Waals surface area contributed by atoms with Crippen LogP contribution < -0.4 is 0 Å². The van der Waals surface area contributed by atoms with Crippen LogP contribution in [0.3, 0.4) is 0 Å². The molecule has 0 spiro atoms. The number of hydrogen-bond acceptors (Lipinski definition) is 4. The molecule has 17 heavy (non-hydrogen) atoms. The van der Waals surface area contributed by atoms with E-state index >= 15 is 0 Å². The first-order valence-electron chi connectivity index (χ1n) is 4.86. The normalized spacial score (nSPS) is 12.5. The van der Waals surface area contributed by atoms with Gasteiger partial charge in [-0.1, -0.05) is 6.92 Å². The van der Waals surface area contributed by atoms with Gasteiger partial charge in [-0.05, 0) is 6.42 Å². The number of halogens is 2. The van der Waals surface area contributed by atoms with Crippen LogP contribution in [-0.4, -0.2) is 21.9 Å². The van der Waals surface area contributed by atoms with Gasteiger partial charge >= 0.3 is 0 Å². The smallest absolute Gasteiger partial charge is 0.275 e. The maximum Gasteiger partial charge on any atom is 0.275 e. The molecule has 0 radical (unpaired) electrons. The monoisotopic (exact) mass is 263 g/mol. The zero-order valence-corrected chi connectivity index (χ0v) is 9.84. The van der Waals surface area contributed by atoms with Gasteiger partial charge in [0, 0.05) is 11.9 Å². The number of nitro groups is 1. The molecule has 0 bridgehead atoms. The van der Waals surface area contributed by atoms with Crippen LogP contribution in [0.1, 0.15) is 13.3 Å². The first-order valence-corrected chi connectivity index (χ1v) is 5.74. The Kier molecular flexibility index (Phi) is 4.83. The second kappa shape index (κ2) is 5.92. The van der Waals surface area contributed by atoms with Gasteiger partial charge < -0.3 is 5.11 Å². The van der Waals surface area contributed by atoms with Crippen molar-refractivity contribution >= 4 is 17.4 Å². The third-order valence-corrected chi connectivity index (χ3v) is 3.31. The van der Waals surface area contributed by atoms with E-state index < -0.39 is 22.2 Å². The Balaban J connectivity index is 2.97. The second-order valence-electron chi connectivity index (χ2n) is 3.44. The van der Waals surface area contributed by atoms with Crippen LogP contribution in [0.4, 0.5) is 14.5 Å². The number of hydrogen-bond donors (Lipinski definition) is 1. The highest BCUT2D eigenvalue weighted by Crippen LogP contribution is 2.32. The molecule has 0 aliphatic rings. The molecule has 7 heteroatoms. The number of aliphatic hydroxyl groups excluding tert-OH is 1. The lowest BCUT2D eigenvalue weighted by Crippen LogP contribution is -2.02. The van der Waals surface area contributed by atoms with E-state index in [1.807, 2.05) is 0 Å². The fraction of sp³-hybridized carbons (Fsp3) is 0.400. The molecule has 1 atom stereocenters. The zero-order valence-electron chi connectivity index (χ0n) is 9.02. The maximum atomic E-state index is 13.4. The maximum absolute atomic E-state index is 13.4. The summed E-state index contributed by atoms with van der Waals surface area (Å²) in [6.07, 6.45) is 0.389. The van der Waals surface area contributed by atoms with Gasteiger partial charge in [-0.2, -0.15) is 0 Å². The van der Waals surface area contributed by atoms with Crippen LogP contribution in [-0.2, 0) is 0 Å². The minimum Gasteiger partial charge on any atom is -0.396 e. The van der Waals surface area contributed by atoms with Gasteiger partial charge in [0.2, 0.25) is 0 Å². The van der Waals surface area contributed by atoms with Crippen molar-refractivity contribution in [2.75, 3.05) is 6.61 Å². The van der Waals surface area contributed by atoms with Crippen molar-refractivity contribution in [3.63, 3.8) is 0 Å². The quantitative estimate of drug-likeness (QED) is 0.504. The van der Waals surface area contributed by atoms with Crippen LogP contribution in [0.2, 0.25) is 0 Å². The Hall–Kier alpha value is -1.21. The molecule has 0 heterocycles. The average molecular weight is 263 g/mol. The van der Waals surface area contributed by atoms with Gasteiger partial charge in [0.25, 0.3) is 5.69 Å². The zero-order chi connectivity index (χ0) is 13.0. The number of nitrogens with zero attached hydrogens (tertiary/aromatic N) is 1. The first kappa shape index (κ1) is 13.9. The van der Waals surface area contributed by atoms with E-state index in [4.69, 9.17) is 5.11 Å². The Morgan fingerprint density at radius 2 is 2.00 bits per heavy atom. The highest BCUT2D eigenvalue weighted by molar-refractivity contribution is 8.00. The SMILES string of the molecule is CC(CCO)Sc1c(F)cc([N+](=O)[O-])cc1F. The van der Waals surface area contributed by atoms with E-state index in [2.05, 4.69) is 0 Å². The molecule has 1 aromatic rings. The van der Waals surface area contributed by atoms with Crippen LogP contribution in [0.25, 0.3) is 0 Å². The summed E-state index contributed by atoms with van der Waals surface area (Å²) in [7, 11) is 0. The number of non-ortho nitro benzene ring substituents is 1. The number of thioether (sulfide) groups is 1. The summed E-state index contributed by atoms with van der Waals surface area (Å²) in [6.45, 7) is 1.63. The summed E-state index contributed by atoms with van der Waals surface area (Å²) < 4.78 is 26.9. The van der Waals surface area contributed by atoms with Gasteiger partial charge in [-0.3, -0.25) is 10.1 Å². The van der Waals surface area contributed by atoms with Crippen molar-refractivity contribution in [1.82, 2.24) is 0 Å². The molecular formula is C10H11F2NO3S. The summed E-state index contributed by atoms with van der Waals surface area (Å²) in [4.78, 5) is 9.27. The Morgan fingerprint density at radius 1 is 1.47 bits per heavy atom. The van der Waals surface area contributed by atoms with E-state index in [0.717, 1.165) is 11.8 Å². The number of benzene rings is 1. The van der Waals surface area contributed by atoms with Crippen molar-refractivity contribution in [1.29, 1.82) is 0 Å². The topological polar surface area (TPSA) is 63.4 Å². The standard InChI is InChI=1S/C10H11F2NO3S/c1-6(2-3-14)17-10-8(11)4-7(13(15)16)5-9(10)12/h4-6,14H,2-3H2,1H3. The van der Waals surface area contributed by atoms with Crippen LogP contribution in [0.5, 0.6) is 0 Å². The van der Waals surface area contributed by atoms with Crippen LogP contribution in [0, 0.1) is 21.7 Å². The fourth-order valence-electron chi connectivity index (χ4n) is 1.21. The van der Waals surface area contributed by atoms with Gasteiger partial charge in [-0.15, -0.1) is 11.8 Å². The molecule has 0 aliphatic heterocycles. The number of nitro benzene ring substituents is 1. The predicted molar refractivity (Wildman–Crippen MR) is 60.0 cm³/mol. The van der Waals surface area contributed by atoms with Gasteiger partial charge in [-0.25, -0.2) is 8.78 Å². The lowest BCUT2D eigenvalue weighted by molar-refractivity contribution is -0.385. The summed E-state index contributed by atoms with van der Waals surface area (Å²) in [5.41, 5.74) is -0.612. The molecule has 1 N–H and O–H groups in total. The molecule has 1 unspecified atom stereocenters. The molecule has 0 aromatic heterocycles. The van der Waals surface area contributed by atoms with Gasteiger partial charge in [0.05, 0.1) is 22.0 Å².